The van der Waals surface area contributed by atoms with E-state index in [-0.39, 0.29) is 17.3 Å². The molecule has 2 aromatic carbocycles. The number of rotatable bonds is 7. The minimum atomic E-state index is -3.82. The molecule has 1 fully saturated rings. The van der Waals surface area contributed by atoms with Crippen molar-refractivity contribution in [3.8, 4) is 5.75 Å². The summed E-state index contributed by atoms with van der Waals surface area (Å²) in [7, 11) is 1.04. The van der Waals surface area contributed by atoms with E-state index in [1.807, 2.05) is 11.9 Å². The number of hydrogen-bond acceptors (Lipinski definition) is 6. The Morgan fingerprint density at radius 3 is 2.16 bits per heavy atom. The third-order valence-corrected chi connectivity index (χ3v) is 7.16. The van der Waals surface area contributed by atoms with Crippen LogP contribution in [0.3, 0.4) is 0 Å². The number of carbonyl (C=O) groups excluding carboxylic acids is 2. The zero-order chi connectivity index (χ0) is 23.3. The monoisotopic (exact) mass is 460 g/mol. The molecule has 10 heteroatoms. The number of likely N-dealkylation sites (N-methyl/N-ethyl adjacent to an activating group) is 2. The minimum Gasteiger partial charge on any atom is -0.497 e. The second-order valence-electron chi connectivity index (χ2n) is 7.66. The lowest BCUT2D eigenvalue weighted by Crippen LogP contribution is -2.47. The Balaban J connectivity index is 1.57. The molecule has 3 rings (SSSR count). The van der Waals surface area contributed by atoms with E-state index < -0.39 is 15.9 Å². The number of sulfonamides is 1. The molecule has 0 aliphatic carbocycles. The van der Waals surface area contributed by atoms with Gasteiger partial charge in [0.15, 0.2) is 0 Å². The molecular formula is C22H28N4O5S. The van der Waals surface area contributed by atoms with Crippen LogP contribution in [-0.4, -0.2) is 88.3 Å². The number of benzene rings is 2. The molecule has 0 aromatic heterocycles. The van der Waals surface area contributed by atoms with E-state index in [0.717, 1.165) is 17.4 Å². The number of ether oxygens (including phenoxy) is 1. The predicted molar refractivity (Wildman–Crippen MR) is 121 cm³/mol. The number of nitrogens with zero attached hydrogens (tertiary/aromatic N) is 3. The van der Waals surface area contributed by atoms with Crippen LogP contribution in [0.4, 0.5) is 5.69 Å². The van der Waals surface area contributed by atoms with Gasteiger partial charge in [-0.2, -0.15) is 4.31 Å². The van der Waals surface area contributed by atoms with Crippen LogP contribution in [0, 0.1) is 0 Å². The Bertz CT molecular complexity index is 1050. The molecule has 1 saturated heterocycles. The second-order valence-corrected chi connectivity index (χ2v) is 9.70. The summed E-state index contributed by atoms with van der Waals surface area (Å²) in [6.45, 7) is 2.70. The van der Waals surface area contributed by atoms with Gasteiger partial charge in [-0.05, 0) is 55.6 Å². The first kappa shape index (κ1) is 23.7. The highest BCUT2D eigenvalue weighted by atomic mass is 32.2. The Morgan fingerprint density at radius 1 is 1.00 bits per heavy atom. The lowest BCUT2D eigenvalue weighted by molar-refractivity contribution is -0.116. The van der Waals surface area contributed by atoms with Gasteiger partial charge in [-0.1, -0.05) is 0 Å². The third kappa shape index (κ3) is 5.64. The topological polar surface area (TPSA) is 99.3 Å². The van der Waals surface area contributed by atoms with Crippen LogP contribution in [-0.2, 0) is 14.8 Å². The summed E-state index contributed by atoms with van der Waals surface area (Å²) < 4.78 is 31.4. The molecular weight excluding hydrogens is 432 g/mol. The fourth-order valence-electron chi connectivity index (χ4n) is 3.30. The molecule has 1 N–H and O–H groups in total. The molecule has 0 unspecified atom stereocenters. The zero-order valence-corrected chi connectivity index (χ0v) is 19.3. The highest BCUT2D eigenvalue weighted by molar-refractivity contribution is 7.89. The maximum absolute atomic E-state index is 12.7. The van der Waals surface area contributed by atoms with Crippen molar-refractivity contribution in [2.75, 3.05) is 59.2 Å². The van der Waals surface area contributed by atoms with E-state index in [4.69, 9.17) is 4.74 Å². The van der Waals surface area contributed by atoms with Gasteiger partial charge in [0, 0.05) is 44.5 Å². The predicted octanol–water partition coefficient (Wildman–Crippen LogP) is 1.34. The number of hydrogen-bond donors (Lipinski definition) is 1. The number of anilines is 1. The van der Waals surface area contributed by atoms with Gasteiger partial charge in [0.1, 0.15) is 5.75 Å². The average Bonchev–Trinajstić information content (AvgIpc) is 2.79. The van der Waals surface area contributed by atoms with Crippen molar-refractivity contribution in [2.24, 2.45) is 0 Å². The maximum atomic E-state index is 12.7. The van der Waals surface area contributed by atoms with Gasteiger partial charge in [-0.3, -0.25) is 9.59 Å². The van der Waals surface area contributed by atoms with Crippen molar-refractivity contribution >= 4 is 27.5 Å². The molecule has 9 nitrogen and oxygen atoms in total. The van der Waals surface area contributed by atoms with Crippen molar-refractivity contribution in [3.05, 3.63) is 54.1 Å². The van der Waals surface area contributed by atoms with Crippen LogP contribution in [0.5, 0.6) is 5.75 Å². The lowest BCUT2D eigenvalue weighted by atomic mass is 10.1. The van der Waals surface area contributed by atoms with Crippen LogP contribution in [0.15, 0.2) is 53.4 Å². The second kappa shape index (κ2) is 10.1. The minimum absolute atomic E-state index is 0.0405. The summed E-state index contributed by atoms with van der Waals surface area (Å²) in [6.07, 6.45) is 0. The quantitative estimate of drug-likeness (QED) is 0.670. The first-order valence-corrected chi connectivity index (χ1v) is 11.6. The summed E-state index contributed by atoms with van der Waals surface area (Å²) in [5.41, 5.74) is 1.03. The molecule has 0 radical (unpaired) electrons. The number of piperazine rings is 1. The van der Waals surface area contributed by atoms with Gasteiger partial charge in [-0.25, -0.2) is 8.42 Å². The fraction of sp³-hybridized carbons (Fsp3) is 0.364. The van der Waals surface area contributed by atoms with Gasteiger partial charge in [0.25, 0.3) is 5.91 Å². The zero-order valence-electron chi connectivity index (χ0n) is 18.4. The van der Waals surface area contributed by atoms with Crippen LogP contribution in [0.1, 0.15) is 10.4 Å². The Morgan fingerprint density at radius 2 is 1.59 bits per heavy atom. The van der Waals surface area contributed by atoms with Crippen molar-refractivity contribution in [1.29, 1.82) is 0 Å². The molecule has 0 spiro atoms. The first-order valence-electron chi connectivity index (χ1n) is 10.2. The van der Waals surface area contributed by atoms with Crippen molar-refractivity contribution < 1.29 is 22.7 Å². The van der Waals surface area contributed by atoms with Gasteiger partial charge in [0.2, 0.25) is 15.9 Å². The van der Waals surface area contributed by atoms with Crippen molar-refractivity contribution in [3.63, 3.8) is 0 Å². The maximum Gasteiger partial charge on any atom is 0.253 e. The largest absolute Gasteiger partial charge is 0.497 e. The highest BCUT2D eigenvalue weighted by Gasteiger charge is 2.23. The van der Waals surface area contributed by atoms with Gasteiger partial charge < -0.3 is 19.9 Å². The fourth-order valence-corrected chi connectivity index (χ4v) is 4.43. The molecule has 0 atom stereocenters. The van der Waals surface area contributed by atoms with E-state index in [2.05, 4.69) is 10.2 Å². The Hall–Kier alpha value is -2.95. The summed E-state index contributed by atoms with van der Waals surface area (Å²) in [6, 6.07) is 12.6. The van der Waals surface area contributed by atoms with Crippen LogP contribution < -0.4 is 10.1 Å². The number of nitrogens with one attached hydrogen (secondary N) is 1. The normalized spacial score (nSPS) is 14.9. The lowest BCUT2D eigenvalue weighted by Gasteiger charge is -2.32. The molecule has 172 valence electrons. The van der Waals surface area contributed by atoms with E-state index >= 15 is 0 Å². The molecule has 1 aliphatic heterocycles. The molecule has 0 bridgehead atoms. The van der Waals surface area contributed by atoms with E-state index in [9.17, 15) is 18.0 Å². The first-order chi connectivity index (χ1) is 15.2. The van der Waals surface area contributed by atoms with Crippen molar-refractivity contribution in [1.82, 2.24) is 14.1 Å². The van der Waals surface area contributed by atoms with Crippen LogP contribution in [0.25, 0.3) is 0 Å². The average molecular weight is 461 g/mol. The highest BCUT2D eigenvalue weighted by Crippen LogP contribution is 2.19. The third-order valence-electron chi connectivity index (χ3n) is 5.34. The van der Waals surface area contributed by atoms with Crippen LogP contribution in [0.2, 0.25) is 0 Å². The van der Waals surface area contributed by atoms with Gasteiger partial charge in [-0.15, -0.1) is 0 Å². The molecule has 2 aromatic rings. The van der Waals surface area contributed by atoms with E-state index in [1.165, 1.54) is 26.3 Å². The number of carbonyl (C=O) groups is 2. The Labute approximate surface area is 188 Å². The summed E-state index contributed by atoms with van der Waals surface area (Å²) in [4.78, 5) is 29.0. The standard InChI is InChI=1S/C22H28N4O5S/c1-24-12-14-26(15-13-24)22(28)17-4-6-18(7-5-17)23-21(27)16-25(2)32(29,30)20-10-8-19(31-3)9-11-20/h4-11H,12-16H2,1-3H3,(H,23,27). The van der Waals surface area contributed by atoms with Crippen molar-refractivity contribution in [2.45, 2.75) is 4.90 Å². The van der Waals surface area contributed by atoms with Gasteiger partial charge >= 0.3 is 0 Å². The summed E-state index contributed by atoms with van der Waals surface area (Å²) in [5, 5.41) is 2.67. The SMILES string of the molecule is COc1ccc(S(=O)(=O)N(C)CC(=O)Nc2ccc(C(=O)N3CCN(C)CC3)cc2)cc1. The van der Waals surface area contributed by atoms with Crippen LogP contribution >= 0.6 is 0 Å². The number of amides is 2. The molecule has 0 saturated carbocycles. The van der Waals surface area contributed by atoms with Gasteiger partial charge in [0.05, 0.1) is 18.6 Å². The Kier molecular flexibility index (Phi) is 7.49. The molecule has 1 heterocycles. The smallest absolute Gasteiger partial charge is 0.253 e. The van der Waals surface area contributed by atoms with E-state index in [1.54, 1.807) is 36.4 Å². The number of methoxy groups -OCH3 is 1. The summed E-state index contributed by atoms with van der Waals surface area (Å²) in [5.74, 6) is 0.0166. The molecule has 2 amide bonds. The molecule has 32 heavy (non-hydrogen) atoms. The van der Waals surface area contributed by atoms with E-state index in [0.29, 0.717) is 30.1 Å². The molecule has 1 aliphatic rings. The summed E-state index contributed by atoms with van der Waals surface area (Å²) >= 11 is 0.